The molecule has 0 saturated heterocycles. The highest BCUT2D eigenvalue weighted by atomic mass is 16.5. The molecule has 0 saturated carbocycles. The van der Waals surface area contributed by atoms with Gasteiger partial charge in [-0.2, -0.15) is 0 Å². The number of rotatable bonds is 9. The third kappa shape index (κ3) is 5.00. The number of aromatic nitrogens is 2. The Morgan fingerprint density at radius 1 is 1.00 bits per heavy atom. The molecular formula is C23H28N4O. The quantitative estimate of drug-likeness (QED) is 0.569. The maximum atomic E-state index is 5.45. The Hall–Kier alpha value is -3.08. The van der Waals surface area contributed by atoms with Crippen LogP contribution in [0.1, 0.15) is 25.3 Å². The molecule has 3 rings (SSSR count). The van der Waals surface area contributed by atoms with Crippen LogP contribution in [-0.2, 0) is 6.54 Å². The van der Waals surface area contributed by atoms with Crippen LogP contribution in [0.2, 0.25) is 0 Å². The highest BCUT2D eigenvalue weighted by Crippen LogP contribution is 2.24. The Morgan fingerprint density at radius 2 is 1.75 bits per heavy atom. The fraction of sp³-hybridized carbons (Fsp3) is 0.304. The van der Waals surface area contributed by atoms with Crippen LogP contribution < -0.4 is 15.0 Å². The SMILES string of the molecule is CCCCN(C)c1cc(NCc2ccccc2OC)nc(-c2ccccc2)n1. The normalized spacial score (nSPS) is 10.5. The van der Waals surface area contributed by atoms with E-state index >= 15 is 0 Å². The van der Waals surface area contributed by atoms with Gasteiger partial charge in [0.1, 0.15) is 17.4 Å². The maximum Gasteiger partial charge on any atom is 0.163 e. The summed E-state index contributed by atoms with van der Waals surface area (Å²) in [7, 11) is 3.77. The molecule has 0 bridgehead atoms. The molecule has 1 N–H and O–H groups in total. The van der Waals surface area contributed by atoms with Crippen LogP contribution in [0, 0.1) is 0 Å². The van der Waals surface area contributed by atoms with E-state index < -0.39 is 0 Å². The van der Waals surface area contributed by atoms with Crippen LogP contribution in [0.15, 0.2) is 60.7 Å². The second kappa shape index (κ2) is 9.74. The summed E-state index contributed by atoms with van der Waals surface area (Å²) in [6, 6.07) is 20.1. The fourth-order valence-corrected chi connectivity index (χ4v) is 2.98. The third-order valence-corrected chi connectivity index (χ3v) is 4.64. The fourth-order valence-electron chi connectivity index (χ4n) is 2.98. The summed E-state index contributed by atoms with van der Waals surface area (Å²) in [5, 5.41) is 3.44. The number of anilines is 2. The smallest absolute Gasteiger partial charge is 0.163 e. The molecule has 1 heterocycles. The van der Waals surface area contributed by atoms with E-state index in [0.717, 1.165) is 53.7 Å². The van der Waals surface area contributed by atoms with Gasteiger partial charge in [0.05, 0.1) is 7.11 Å². The zero-order valence-electron chi connectivity index (χ0n) is 16.9. The van der Waals surface area contributed by atoms with Gasteiger partial charge in [-0.15, -0.1) is 0 Å². The van der Waals surface area contributed by atoms with Gasteiger partial charge in [0, 0.05) is 37.3 Å². The molecule has 0 fully saturated rings. The first-order chi connectivity index (χ1) is 13.7. The first kappa shape index (κ1) is 19.7. The molecule has 28 heavy (non-hydrogen) atoms. The summed E-state index contributed by atoms with van der Waals surface area (Å²) < 4.78 is 5.45. The number of ether oxygens (including phenoxy) is 1. The minimum atomic E-state index is 0.632. The topological polar surface area (TPSA) is 50.3 Å². The molecule has 0 radical (unpaired) electrons. The van der Waals surface area contributed by atoms with Crippen molar-refractivity contribution in [3.05, 3.63) is 66.2 Å². The molecule has 0 aliphatic heterocycles. The molecular weight excluding hydrogens is 348 g/mol. The predicted octanol–water partition coefficient (Wildman–Crippen LogP) is 5.00. The number of methoxy groups -OCH3 is 1. The second-order valence-corrected chi connectivity index (χ2v) is 6.74. The summed E-state index contributed by atoms with van der Waals surface area (Å²) in [5.74, 6) is 3.32. The van der Waals surface area contributed by atoms with Gasteiger partial charge in [0.25, 0.3) is 0 Å². The van der Waals surface area contributed by atoms with E-state index in [4.69, 9.17) is 14.7 Å². The summed E-state index contributed by atoms with van der Waals surface area (Å²) in [6.07, 6.45) is 2.28. The zero-order chi connectivity index (χ0) is 19.8. The van der Waals surface area contributed by atoms with E-state index in [1.807, 2.05) is 54.6 Å². The number of nitrogens with one attached hydrogen (secondary N) is 1. The minimum Gasteiger partial charge on any atom is -0.496 e. The molecule has 5 heteroatoms. The minimum absolute atomic E-state index is 0.632. The van der Waals surface area contributed by atoms with Gasteiger partial charge in [-0.25, -0.2) is 9.97 Å². The monoisotopic (exact) mass is 376 g/mol. The highest BCUT2D eigenvalue weighted by Gasteiger charge is 2.11. The van der Waals surface area contributed by atoms with Crippen LogP contribution in [0.25, 0.3) is 11.4 Å². The van der Waals surface area contributed by atoms with Crippen LogP contribution in [0.5, 0.6) is 5.75 Å². The van der Waals surface area contributed by atoms with Crippen LogP contribution in [0.3, 0.4) is 0 Å². The molecule has 0 unspecified atom stereocenters. The summed E-state index contributed by atoms with van der Waals surface area (Å²) in [6.45, 7) is 3.80. The Balaban J connectivity index is 1.88. The van der Waals surface area contributed by atoms with Crippen LogP contribution >= 0.6 is 0 Å². The lowest BCUT2D eigenvalue weighted by molar-refractivity contribution is 0.410. The lowest BCUT2D eigenvalue weighted by Crippen LogP contribution is -2.20. The van der Waals surface area contributed by atoms with Crippen molar-refractivity contribution in [1.82, 2.24) is 9.97 Å². The summed E-state index contributed by atoms with van der Waals surface area (Å²) >= 11 is 0. The third-order valence-electron chi connectivity index (χ3n) is 4.64. The van der Waals surface area contributed by atoms with Crippen molar-refractivity contribution in [3.63, 3.8) is 0 Å². The van der Waals surface area contributed by atoms with Gasteiger partial charge in [-0.1, -0.05) is 61.9 Å². The van der Waals surface area contributed by atoms with E-state index in [9.17, 15) is 0 Å². The van der Waals surface area contributed by atoms with Gasteiger partial charge in [-0.05, 0) is 12.5 Å². The van der Waals surface area contributed by atoms with Gasteiger partial charge >= 0.3 is 0 Å². The molecule has 0 aliphatic rings. The molecule has 2 aromatic carbocycles. The van der Waals surface area contributed by atoms with Gasteiger partial charge in [-0.3, -0.25) is 0 Å². The molecule has 0 aliphatic carbocycles. The van der Waals surface area contributed by atoms with Crippen molar-refractivity contribution in [2.45, 2.75) is 26.3 Å². The van der Waals surface area contributed by atoms with Crippen molar-refractivity contribution in [2.24, 2.45) is 0 Å². The zero-order valence-corrected chi connectivity index (χ0v) is 16.9. The number of hydrogen-bond acceptors (Lipinski definition) is 5. The number of para-hydroxylation sites is 1. The first-order valence-corrected chi connectivity index (χ1v) is 9.72. The van der Waals surface area contributed by atoms with E-state index in [1.54, 1.807) is 7.11 Å². The standard InChI is InChI=1S/C23H28N4O/c1-4-5-15-27(2)22-16-21(24-17-19-13-9-10-14-20(19)28-3)25-23(26-22)18-11-7-6-8-12-18/h6-14,16H,4-5,15,17H2,1-3H3,(H,24,25,26). The lowest BCUT2D eigenvalue weighted by atomic mass is 10.2. The van der Waals surface area contributed by atoms with Crippen molar-refractivity contribution in [1.29, 1.82) is 0 Å². The average molecular weight is 377 g/mol. The summed E-state index contributed by atoms with van der Waals surface area (Å²) in [5.41, 5.74) is 2.10. The molecule has 0 amide bonds. The van der Waals surface area contributed by atoms with Crippen molar-refractivity contribution in [2.75, 3.05) is 30.9 Å². The summed E-state index contributed by atoms with van der Waals surface area (Å²) in [4.78, 5) is 11.7. The lowest BCUT2D eigenvalue weighted by Gasteiger charge is -2.20. The number of benzene rings is 2. The van der Waals surface area contributed by atoms with Crippen molar-refractivity contribution >= 4 is 11.6 Å². The average Bonchev–Trinajstić information content (AvgIpc) is 2.76. The van der Waals surface area contributed by atoms with Gasteiger partial charge in [0.15, 0.2) is 5.82 Å². The Labute approximate surface area is 167 Å². The number of unbranched alkanes of at least 4 members (excludes halogenated alkanes) is 1. The van der Waals surface area contributed by atoms with E-state index in [-0.39, 0.29) is 0 Å². The Morgan fingerprint density at radius 3 is 2.50 bits per heavy atom. The number of nitrogens with zero attached hydrogens (tertiary/aromatic N) is 3. The Kier molecular flexibility index (Phi) is 6.84. The predicted molar refractivity (Wildman–Crippen MR) is 116 cm³/mol. The van der Waals surface area contributed by atoms with Crippen molar-refractivity contribution < 1.29 is 4.74 Å². The van der Waals surface area contributed by atoms with E-state index in [0.29, 0.717) is 6.54 Å². The maximum absolute atomic E-state index is 5.45. The number of hydrogen-bond donors (Lipinski definition) is 1. The highest BCUT2D eigenvalue weighted by molar-refractivity contribution is 5.61. The second-order valence-electron chi connectivity index (χ2n) is 6.74. The van der Waals surface area contributed by atoms with Crippen LogP contribution in [0.4, 0.5) is 11.6 Å². The molecule has 146 valence electrons. The first-order valence-electron chi connectivity index (χ1n) is 9.72. The Bertz CT molecular complexity index is 883. The van der Waals surface area contributed by atoms with Gasteiger partial charge in [0.2, 0.25) is 0 Å². The molecule has 0 atom stereocenters. The molecule has 0 spiro atoms. The van der Waals surface area contributed by atoms with Gasteiger partial charge < -0.3 is 15.0 Å². The molecule has 1 aromatic heterocycles. The van der Waals surface area contributed by atoms with Crippen molar-refractivity contribution in [3.8, 4) is 17.1 Å². The van der Waals surface area contributed by atoms with E-state index in [1.165, 1.54) is 0 Å². The van der Waals surface area contributed by atoms with E-state index in [2.05, 4.69) is 30.3 Å². The molecule has 5 nitrogen and oxygen atoms in total. The largest absolute Gasteiger partial charge is 0.496 e. The molecule has 3 aromatic rings. The van der Waals surface area contributed by atoms with Crippen LogP contribution in [-0.4, -0.2) is 30.7 Å².